The van der Waals surface area contributed by atoms with Crippen LogP contribution in [0.4, 0.5) is 5.69 Å². The number of benzene rings is 1. The Morgan fingerprint density at radius 2 is 2.00 bits per heavy atom. The number of hydrogen-bond acceptors (Lipinski definition) is 4. The van der Waals surface area contributed by atoms with Crippen LogP contribution in [0.2, 0.25) is 0 Å². The number of rotatable bonds is 4. The molecule has 0 aliphatic carbocycles. The van der Waals surface area contributed by atoms with E-state index >= 15 is 0 Å². The average Bonchev–Trinajstić information content (AvgIpc) is 2.39. The van der Waals surface area contributed by atoms with Crippen molar-refractivity contribution in [1.29, 1.82) is 0 Å². The summed E-state index contributed by atoms with van der Waals surface area (Å²) in [4.78, 5) is 11.3. The summed E-state index contributed by atoms with van der Waals surface area (Å²) in [5, 5.41) is -0.428. The van der Waals surface area contributed by atoms with Gasteiger partial charge in [-0.25, -0.2) is 8.42 Å². The van der Waals surface area contributed by atoms with Crippen LogP contribution in [-0.2, 0) is 14.8 Å². The normalized spacial score (nSPS) is 17.1. The molecular weight excluding hydrogens is 266 g/mol. The lowest BCUT2D eigenvalue weighted by molar-refractivity contribution is 0.0984. The van der Waals surface area contributed by atoms with E-state index in [1.165, 1.54) is 6.92 Å². The molecule has 0 radical (unpaired) electrons. The number of Topliss-reactive ketones (excluding diaryl/α,β-unsaturated/α-hetero) is 1. The average molecular weight is 283 g/mol. The zero-order valence-electron chi connectivity index (χ0n) is 10.8. The number of hydrogen-bond donors (Lipinski definition) is 1. The quantitative estimate of drug-likeness (QED) is 0.855. The fraction of sp³-hybridized carbons (Fsp3) is 0.462. The van der Waals surface area contributed by atoms with E-state index < -0.39 is 15.3 Å². The zero-order valence-corrected chi connectivity index (χ0v) is 11.6. The topological polar surface area (TPSA) is 72.5 Å². The number of carbonyl (C=O) groups is 1. The Morgan fingerprint density at radius 3 is 2.63 bits per heavy atom. The number of sulfonamides is 1. The van der Waals surface area contributed by atoms with E-state index in [2.05, 4.69) is 4.72 Å². The van der Waals surface area contributed by atoms with Gasteiger partial charge in [-0.2, -0.15) is 0 Å². The van der Waals surface area contributed by atoms with E-state index in [1.54, 1.807) is 24.3 Å². The second-order valence-corrected chi connectivity index (χ2v) is 6.56. The summed E-state index contributed by atoms with van der Waals surface area (Å²) in [5.41, 5.74) is 0.923. The van der Waals surface area contributed by atoms with Crippen molar-refractivity contribution >= 4 is 21.5 Å². The molecule has 1 aliphatic rings. The van der Waals surface area contributed by atoms with E-state index in [0.717, 1.165) is 0 Å². The van der Waals surface area contributed by atoms with E-state index in [0.29, 0.717) is 37.3 Å². The van der Waals surface area contributed by atoms with Crippen LogP contribution < -0.4 is 4.72 Å². The van der Waals surface area contributed by atoms with Gasteiger partial charge >= 0.3 is 0 Å². The van der Waals surface area contributed by atoms with Crippen molar-refractivity contribution in [2.45, 2.75) is 25.0 Å². The molecule has 0 spiro atoms. The molecule has 0 unspecified atom stereocenters. The Kier molecular flexibility index (Phi) is 4.21. The minimum atomic E-state index is -3.42. The molecule has 0 atom stereocenters. The fourth-order valence-corrected chi connectivity index (χ4v) is 3.47. The van der Waals surface area contributed by atoms with E-state index in [1.807, 2.05) is 0 Å². The predicted octanol–water partition coefficient (Wildman–Crippen LogP) is 1.81. The third-order valence-electron chi connectivity index (χ3n) is 3.14. The Morgan fingerprint density at radius 1 is 1.32 bits per heavy atom. The summed E-state index contributed by atoms with van der Waals surface area (Å²) in [5.74, 6) is -0.0906. The first kappa shape index (κ1) is 14.0. The molecular formula is C13H17NO4S. The summed E-state index contributed by atoms with van der Waals surface area (Å²) in [6.45, 7) is 2.39. The lowest BCUT2D eigenvalue weighted by Gasteiger charge is -2.22. The van der Waals surface area contributed by atoms with Crippen LogP contribution in [0.5, 0.6) is 0 Å². The first-order valence-corrected chi connectivity index (χ1v) is 7.74. The minimum absolute atomic E-state index is 0.0906. The molecule has 1 fully saturated rings. The highest BCUT2D eigenvalue weighted by molar-refractivity contribution is 7.93. The van der Waals surface area contributed by atoms with Crippen molar-refractivity contribution in [2.24, 2.45) is 0 Å². The van der Waals surface area contributed by atoms with Crippen LogP contribution >= 0.6 is 0 Å². The molecule has 0 aromatic heterocycles. The van der Waals surface area contributed by atoms with Crippen LogP contribution in [0.3, 0.4) is 0 Å². The summed E-state index contributed by atoms with van der Waals surface area (Å²) in [6.07, 6.45) is 1.00. The van der Waals surface area contributed by atoms with Gasteiger partial charge in [0.2, 0.25) is 10.0 Å². The molecule has 0 saturated carbocycles. The van der Waals surface area contributed by atoms with Crippen LogP contribution in [0.1, 0.15) is 30.1 Å². The van der Waals surface area contributed by atoms with Crippen LogP contribution in [0.15, 0.2) is 24.3 Å². The van der Waals surface area contributed by atoms with Gasteiger partial charge in [0.25, 0.3) is 0 Å². The first-order valence-electron chi connectivity index (χ1n) is 6.19. The maximum Gasteiger partial charge on any atom is 0.235 e. The van der Waals surface area contributed by atoms with Gasteiger partial charge in [0, 0.05) is 24.5 Å². The van der Waals surface area contributed by atoms with Gasteiger partial charge in [0.05, 0.1) is 5.25 Å². The van der Waals surface area contributed by atoms with Gasteiger partial charge in [-0.15, -0.1) is 0 Å². The van der Waals surface area contributed by atoms with E-state index in [-0.39, 0.29) is 5.78 Å². The molecule has 1 aromatic rings. The van der Waals surface area contributed by atoms with Gasteiger partial charge < -0.3 is 4.74 Å². The minimum Gasteiger partial charge on any atom is -0.381 e. The fourth-order valence-electron chi connectivity index (χ4n) is 2.04. The number of anilines is 1. The molecule has 5 nitrogen and oxygen atoms in total. The molecule has 1 heterocycles. The van der Waals surface area contributed by atoms with Gasteiger partial charge in [-0.05, 0) is 31.9 Å². The van der Waals surface area contributed by atoms with Crippen molar-refractivity contribution in [3.63, 3.8) is 0 Å². The van der Waals surface area contributed by atoms with Crippen LogP contribution in [0.25, 0.3) is 0 Å². The summed E-state index contributed by atoms with van der Waals surface area (Å²) < 4.78 is 32.1. The third-order valence-corrected chi connectivity index (χ3v) is 5.01. The predicted molar refractivity (Wildman–Crippen MR) is 72.8 cm³/mol. The first-order chi connectivity index (χ1) is 8.99. The molecule has 104 valence electrons. The van der Waals surface area contributed by atoms with Crippen LogP contribution in [0, 0.1) is 0 Å². The smallest absolute Gasteiger partial charge is 0.235 e. The lowest BCUT2D eigenvalue weighted by Crippen LogP contribution is -2.33. The maximum atomic E-state index is 12.2. The Labute approximate surface area is 113 Å². The molecule has 1 saturated heterocycles. The van der Waals surface area contributed by atoms with Crippen molar-refractivity contribution in [2.75, 3.05) is 17.9 Å². The second kappa shape index (κ2) is 5.71. The molecule has 0 bridgehead atoms. The molecule has 1 N–H and O–H groups in total. The number of ketones is 1. The van der Waals surface area contributed by atoms with Crippen molar-refractivity contribution in [3.8, 4) is 0 Å². The molecule has 1 aromatic carbocycles. The lowest BCUT2D eigenvalue weighted by atomic mass is 10.1. The summed E-state index contributed by atoms with van der Waals surface area (Å²) in [6, 6.07) is 6.52. The molecule has 1 aliphatic heterocycles. The Balaban J connectivity index is 2.15. The van der Waals surface area contributed by atoms with Gasteiger partial charge in [0.1, 0.15) is 0 Å². The van der Waals surface area contributed by atoms with Crippen LogP contribution in [-0.4, -0.2) is 32.7 Å². The van der Waals surface area contributed by atoms with Crippen molar-refractivity contribution in [1.82, 2.24) is 0 Å². The summed E-state index contributed by atoms with van der Waals surface area (Å²) in [7, 11) is -3.42. The highest BCUT2D eigenvalue weighted by Gasteiger charge is 2.27. The molecule has 19 heavy (non-hydrogen) atoms. The number of nitrogens with one attached hydrogen (secondary N) is 1. The SMILES string of the molecule is CC(=O)c1cccc(NS(=O)(=O)C2CCOCC2)c1. The number of carbonyl (C=O) groups excluding carboxylic acids is 1. The highest BCUT2D eigenvalue weighted by atomic mass is 32.2. The Bertz CT molecular complexity index is 562. The van der Waals surface area contributed by atoms with E-state index in [4.69, 9.17) is 4.74 Å². The van der Waals surface area contributed by atoms with Gasteiger partial charge in [-0.1, -0.05) is 12.1 Å². The van der Waals surface area contributed by atoms with Crippen molar-refractivity contribution in [3.05, 3.63) is 29.8 Å². The van der Waals surface area contributed by atoms with Gasteiger partial charge in [0.15, 0.2) is 5.78 Å². The Hall–Kier alpha value is -1.40. The van der Waals surface area contributed by atoms with Gasteiger partial charge in [-0.3, -0.25) is 9.52 Å². The third kappa shape index (κ3) is 3.54. The van der Waals surface area contributed by atoms with E-state index in [9.17, 15) is 13.2 Å². The maximum absolute atomic E-state index is 12.2. The largest absolute Gasteiger partial charge is 0.381 e. The molecule has 6 heteroatoms. The molecule has 0 amide bonds. The summed E-state index contributed by atoms with van der Waals surface area (Å²) >= 11 is 0. The van der Waals surface area contributed by atoms with Crippen molar-refractivity contribution < 1.29 is 17.9 Å². The zero-order chi connectivity index (χ0) is 13.9. The molecule has 2 rings (SSSR count). The second-order valence-electron chi connectivity index (χ2n) is 4.60. The standard InChI is InChI=1S/C13H17NO4S/c1-10(15)11-3-2-4-12(9-11)14-19(16,17)13-5-7-18-8-6-13/h2-4,9,13-14H,5-8H2,1H3. The monoisotopic (exact) mass is 283 g/mol. The highest BCUT2D eigenvalue weighted by Crippen LogP contribution is 2.20. The number of ether oxygens (including phenoxy) is 1.